The van der Waals surface area contributed by atoms with Gasteiger partial charge in [0.1, 0.15) is 9.32 Å². The lowest BCUT2D eigenvalue weighted by atomic mass is 10.2. The Hall–Kier alpha value is -1.39. The molecule has 94 valence electrons. The molecule has 0 saturated carbocycles. The lowest BCUT2D eigenvalue weighted by Crippen LogP contribution is -2.18. The molecule has 1 aromatic rings. The van der Waals surface area contributed by atoms with Crippen LogP contribution in [0.15, 0.2) is 18.2 Å². The van der Waals surface area contributed by atoms with Gasteiger partial charge in [-0.15, -0.1) is 13.2 Å². The zero-order chi connectivity index (χ0) is 13.2. The normalized spacial score (nSPS) is 11.5. The van der Waals surface area contributed by atoms with Crippen LogP contribution < -0.4 is 4.74 Å². The number of carbonyl (C=O) groups is 1. The van der Waals surface area contributed by atoms with Crippen LogP contribution in [-0.2, 0) is 6.14 Å². The summed E-state index contributed by atoms with van der Waals surface area (Å²) in [7, 11) is 0. The van der Waals surface area contributed by atoms with Crippen molar-refractivity contribution in [3.63, 3.8) is 0 Å². The summed E-state index contributed by atoms with van der Waals surface area (Å²) in [5.41, 5.74) is -0.734. The van der Waals surface area contributed by atoms with E-state index in [4.69, 9.17) is 5.11 Å². The second-order valence-corrected chi connectivity index (χ2v) is 5.01. The van der Waals surface area contributed by atoms with Crippen molar-refractivity contribution in [2.24, 2.45) is 0 Å². The predicted octanol–water partition coefficient (Wildman–Crippen LogP) is 2.65. The second kappa shape index (κ2) is 4.85. The standard InChI is InChI=1S/C8H4F3IO5/c9-8(10,11)17-5-3-1-2-4(7(13)14)6(5)12(15)16/h1-3H,(H,13,14). The van der Waals surface area contributed by atoms with Gasteiger partial charge in [0, 0.05) is 0 Å². The Morgan fingerprint density at radius 3 is 2.29 bits per heavy atom. The molecule has 0 spiro atoms. The van der Waals surface area contributed by atoms with Gasteiger partial charge in [-0.3, -0.25) is 0 Å². The van der Waals surface area contributed by atoms with Crippen molar-refractivity contribution in [2.75, 3.05) is 0 Å². The topological polar surface area (TPSA) is 80.7 Å². The molecule has 0 aliphatic carbocycles. The van der Waals surface area contributed by atoms with Crippen molar-refractivity contribution in [3.8, 4) is 5.75 Å². The fourth-order valence-corrected chi connectivity index (χ4v) is 2.65. The summed E-state index contributed by atoms with van der Waals surface area (Å²) in [4.78, 5) is 10.7. The van der Waals surface area contributed by atoms with Gasteiger partial charge in [-0.1, -0.05) is 6.07 Å². The van der Waals surface area contributed by atoms with E-state index in [2.05, 4.69) is 4.74 Å². The molecule has 1 N–H and O–H groups in total. The molecule has 0 aliphatic rings. The molecule has 0 unspecified atom stereocenters. The number of hydrogen-bond acceptors (Lipinski definition) is 4. The van der Waals surface area contributed by atoms with Crippen LogP contribution in [-0.4, -0.2) is 17.4 Å². The Morgan fingerprint density at radius 1 is 1.29 bits per heavy atom. The number of carboxylic acid groups (broad SMARTS) is 1. The SMILES string of the molecule is O=C(O)c1cccc(OC(F)(F)F)c1I(=O)=O. The molecule has 0 atom stereocenters. The molecule has 1 aromatic carbocycles. The number of rotatable bonds is 3. The van der Waals surface area contributed by atoms with Crippen molar-refractivity contribution in [3.05, 3.63) is 27.3 Å². The van der Waals surface area contributed by atoms with Gasteiger partial charge in [-0.05, 0) is 12.1 Å². The van der Waals surface area contributed by atoms with E-state index in [0.29, 0.717) is 0 Å². The maximum absolute atomic E-state index is 12.0. The van der Waals surface area contributed by atoms with Crippen LogP contribution in [0, 0.1) is 3.57 Å². The maximum atomic E-state index is 12.0. The van der Waals surface area contributed by atoms with E-state index < -0.39 is 47.0 Å². The Morgan fingerprint density at radius 2 is 1.88 bits per heavy atom. The largest absolute Gasteiger partial charge is 0.573 e. The molecule has 0 aliphatic heterocycles. The van der Waals surface area contributed by atoms with Crippen molar-refractivity contribution >= 4 is 25.8 Å². The minimum atomic E-state index is -5.09. The lowest BCUT2D eigenvalue weighted by Gasteiger charge is -2.10. The highest BCUT2D eigenvalue weighted by molar-refractivity contribution is 14.2. The summed E-state index contributed by atoms with van der Waals surface area (Å²) in [6, 6.07) is 2.60. The number of hydrogen-bond donors (Lipinski definition) is 1. The number of halogens is 4. The summed E-state index contributed by atoms with van der Waals surface area (Å²) >= 11 is -4.43. The summed E-state index contributed by atoms with van der Waals surface area (Å²) in [5.74, 6) is -2.66. The Labute approximate surface area is 99.3 Å². The smallest absolute Gasteiger partial charge is 0.478 e. The van der Waals surface area contributed by atoms with Crippen molar-refractivity contribution in [1.82, 2.24) is 0 Å². The van der Waals surface area contributed by atoms with Crippen molar-refractivity contribution < 1.29 is 33.9 Å². The highest BCUT2D eigenvalue weighted by atomic mass is 127. The highest BCUT2D eigenvalue weighted by Gasteiger charge is 2.34. The number of ether oxygens (including phenoxy) is 1. The van der Waals surface area contributed by atoms with Gasteiger partial charge in [0.05, 0.1) is 5.56 Å². The Balaban J connectivity index is 3.41. The number of carboxylic acids is 1. The molecule has 0 saturated heterocycles. The number of aromatic carboxylic acids is 1. The average Bonchev–Trinajstić information content (AvgIpc) is 2.14. The van der Waals surface area contributed by atoms with Crippen LogP contribution in [0.1, 0.15) is 10.4 Å². The summed E-state index contributed by atoms with van der Waals surface area (Å²) < 4.78 is 60.1. The molecular formula is C8H4F3IO5. The van der Waals surface area contributed by atoms with Crippen LogP contribution in [0.5, 0.6) is 5.75 Å². The van der Waals surface area contributed by atoms with E-state index in [1.807, 2.05) is 0 Å². The molecule has 0 fully saturated rings. The second-order valence-electron chi connectivity index (χ2n) is 2.69. The van der Waals surface area contributed by atoms with Crippen LogP contribution in [0.3, 0.4) is 0 Å². The number of benzene rings is 1. The molecule has 0 aromatic heterocycles. The van der Waals surface area contributed by atoms with E-state index in [-0.39, 0.29) is 0 Å². The highest BCUT2D eigenvalue weighted by Crippen LogP contribution is 2.34. The van der Waals surface area contributed by atoms with Crippen molar-refractivity contribution in [2.45, 2.75) is 6.36 Å². The fourth-order valence-electron chi connectivity index (χ4n) is 1.04. The van der Waals surface area contributed by atoms with E-state index in [1.54, 1.807) is 0 Å². The molecule has 5 nitrogen and oxygen atoms in total. The Kier molecular flexibility index (Phi) is 3.91. The predicted molar refractivity (Wildman–Crippen MR) is 54.2 cm³/mol. The average molecular weight is 364 g/mol. The first-order valence-corrected chi connectivity index (χ1v) is 6.73. The van der Waals surface area contributed by atoms with E-state index >= 15 is 0 Å². The minimum Gasteiger partial charge on any atom is -0.478 e. The molecular weight excluding hydrogens is 360 g/mol. The van der Waals surface area contributed by atoms with Crippen LogP contribution in [0.4, 0.5) is 13.2 Å². The number of alkyl halides is 3. The lowest BCUT2D eigenvalue weighted by molar-refractivity contribution is -0.275. The fraction of sp³-hybridized carbons (Fsp3) is 0.125. The van der Waals surface area contributed by atoms with E-state index in [9.17, 15) is 24.1 Å². The first-order chi connectivity index (χ1) is 7.72. The third-order valence-corrected chi connectivity index (χ3v) is 3.57. The van der Waals surface area contributed by atoms with Crippen molar-refractivity contribution in [1.29, 1.82) is 0 Å². The zero-order valence-corrected chi connectivity index (χ0v) is 9.98. The first-order valence-electron chi connectivity index (χ1n) is 3.89. The zero-order valence-electron chi connectivity index (χ0n) is 7.82. The molecule has 1 rings (SSSR count). The molecule has 0 radical (unpaired) electrons. The van der Waals surface area contributed by atoms with Gasteiger partial charge in [0.15, 0.2) is 0 Å². The molecule has 0 amide bonds. The van der Waals surface area contributed by atoms with E-state index in [0.717, 1.165) is 18.2 Å². The molecule has 0 bridgehead atoms. The van der Waals surface area contributed by atoms with Crippen LogP contribution >= 0.6 is 19.8 Å². The van der Waals surface area contributed by atoms with Gasteiger partial charge in [0.2, 0.25) is 0 Å². The summed E-state index contributed by atoms with van der Waals surface area (Å²) in [6.45, 7) is 0. The van der Waals surface area contributed by atoms with Gasteiger partial charge < -0.3 is 9.84 Å². The molecule has 0 heterocycles. The van der Waals surface area contributed by atoms with Gasteiger partial charge in [-0.2, -0.15) is 0 Å². The van der Waals surface area contributed by atoms with Gasteiger partial charge in [0.25, 0.3) is 0 Å². The Bertz CT molecular complexity index is 512. The van der Waals surface area contributed by atoms with Crippen LogP contribution in [0.2, 0.25) is 0 Å². The molecule has 9 heteroatoms. The van der Waals surface area contributed by atoms with Gasteiger partial charge in [-0.25, -0.2) is 10.9 Å². The first kappa shape index (κ1) is 13.7. The summed E-state index contributed by atoms with van der Waals surface area (Å²) in [5, 5.41) is 8.65. The third-order valence-electron chi connectivity index (χ3n) is 1.57. The van der Waals surface area contributed by atoms with Crippen LogP contribution in [0.25, 0.3) is 0 Å². The quantitative estimate of drug-likeness (QED) is 0.835. The molecule has 17 heavy (non-hydrogen) atoms. The van der Waals surface area contributed by atoms with Gasteiger partial charge >= 0.3 is 32.1 Å². The summed E-state index contributed by atoms with van der Waals surface area (Å²) in [6.07, 6.45) is -5.09. The maximum Gasteiger partial charge on any atom is 0.573 e. The monoisotopic (exact) mass is 364 g/mol. The van der Waals surface area contributed by atoms with E-state index in [1.165, 1.54) is 0 Å². The third kappa shape index (κ3) is 3.54. The minimum absolute atomic E-state index is 0.734.